The first-order valence-corrected chi connectivity index (χ1v) is 10.7. The second-order valence-electron chi connectivity index (χ2n) is 6.41. The molecule has 0 fully saturated rings. The minimum absolute atomic E-state index is 0.0943. The van der Waals surface area contributed by atoms with Crippen molar-refractivity contribution in [2.75, 3.05) is 13.4 Å². The number of sulfone groups is 1. The number of aromatic nitrogens is 2. The van der Waals surface area contributed by atoms with Crippen LogP contribution in [0.2, 0.25) is 0 Å². The molecule has 0 bridgehead atoms. The van der Waals surface area contributed by atoms with E-state index in [1.165, 1.54) is 7.11 Å². The Morgan fingerprint density at radius 3 is 2.07 bits per heavy atom. The van der Waals surface area contributed by atoms with Crippen LogP contribution in [0.3, 0.4) is 0 Å². The van der Waals surface area contributed by atoms with Crippen LogP contribution in [0.4, 0.5) is 0 Å². The minimum atomic E-state index is -3.90. The number of esters is 1. The maximum absolute atomic E-state index is 13.1. The summed E-state index contributed by atoms with van der Waals surface area (Å²) in [5.74, 6) is -0.520. The molecule has 0 unspecified atom stereocenters. The third-order valence-electron chi connectivity index (χ3n) is 4.35. The number of hydrogen-bond donors (Lipinski definition) is 0. The molecule has 0 atom stereocenters. The van der Waals surface area contributed by atoms with Crippen LogP contribution < -0.4 is 5.56 Å². The summed E-state index contributed by atoms with van der Waals surface area (Å²) in [4.78, 5) is 24.3. The molecule has 1 heterocycles. The van der Waals surface area contributed by atoms with Gasteiger partial charge in [0.2, 0.25) is 0 Å². The first kappa shape index (κ1) is 20.5. The fraction of sp³-hybridized carbons (Fsp3) is 0.190. The second kappa shape index (κ2) is 8.40. The van der Waals surface area contributed by atoms with Crippen molar-refractivity contribution in [1.29, 1.82) is 0 Å². The summed E-state index contributed by atoms with van der Waals surface area (Å²) in [7, 11) is -2.65. The van der Waals surface area contributed by atoms with E-state index in [2.05, 4.69) is 9.84 Å². The summed E-state index contributed by atoms with van der Waals surface area (Å²) >= 11 is 0. The first-order chi connectivity index (χ1) is 13.8. The van der Waals surface area contributed by atoms with Gasteiger partial charge in [-0.25, -0.2) is 13.1 Å². The lowest BCUT2D eigenvalue weighted by Gasteiger charge is -2.16. The highest BCUT2D eigenvalue weighted by Crippen LogP contribution is 2.33. The quantitative estimate of drug-likeness (QED) is 0.578. The largest absolute Gasteiger partial charge is 0.469 e. The Bertz CT molecular complexity index is 1190. The van der Waals surface area contributed by atoms with Gasteiger partial charge in [-0.05, 0) is 5.56 Å². The van der Waals surface area contributed by atoms with E-state index >= 15 is 0 Å². The molecule has 0 aliphatic rings. The molecule has 2 aromatic carbocycles. The third kappa shape index (κ3) is 4.43. The summed E-state index contributed by atoms with van der Waals surface area (Å²) in [6.45, 7) is -0.0943. The summed E-state index contributed by atoms with van der Waals surface area (Å²) in [5.41, 5.74) is 1.05. The van der Waals surface area contributed by atoms with Crippen molar-refractivity contribution >= 4 is 15.8 Å². The van der Waals surface area contributed by atoms with E-state index in [1.54, 1.807) is 54.6 Å². The average Bonchev–Trinajstić information content (AvgIpc) is 2.72. The standard InChI is InChI=1S/C21H20N2O5S/c1-28-17(24)13-14-23-21(25)20(29(2,26)27)18(15-9-5-3-6-10-15)19(22-23)16-11-7-4-8-12-16/h3-12H,13-14H2,1-2H3. The van der Waals surface area contributed by atoms with Crippen LogP contribution in [0.5, 0.6) is 0 Å². The molecule has 0 N–H and O–H groups in total. The summed E-state index contributed by atoms with van der Waals surface area (Å²) in [5, 5.41) is 4.43. The average molecular weight is 412 g/mol. The molecule has 8 heteroatoms. The van der Waals surface area contributed by atoms with Crippen molar-refractivity contribution in [1.82, 2.24) is 9.78 Å². The van der Waals surface area contributed by atoms with E-state index < -0.39 is 21.4 Å². The van der Waals surface area contributed by atoms with Gasteiger partial charge in [0.05, 0.1) is 20.1 Å². The monoisotopic (exact) mass is 412 g/mol. The Labute approximate surface area is 168 Å². The van der Waals surface area contributed by atoms with Crippen LogP contribution in [-0.4, -0.2) is 37.5 Å². The van der Waals surface area contributed by atoms with E-state index in [1.807, 2.05) is 6.07 Å². The molecule has 7 nitrogen and oxygen atoms in total. The van der Waals surface area contributed by atoms with Crippen LogP contribution in [-0.2, 0) is 25.9 Å². The maximum Gasteiger partial charge on any atom is 0.307 e. The summed E-state index contributed by atoms with van der Waals surface area (Å²) < 4.78 is 30.9. The van der Waals surface area contributed by atoms with Gasteiger partial charge in [0.1, 0.15) is 10.6 Å². The van der Waals surface area contributed by atoms with E-state index in [-0.39, 0.29) is 23.4 Å². The fourth-order valence-electron chi connectivity index (χ4n) is 3.01. The predicted molar refractivity (Wildman–Crippen MR) is 109 cm³/mol. The molecule has 150 valence electrons. The molecule has 3 aromatic rings. The van der Waals surface area contributed by atoms with Crippen molar-refractivity contribution < 1.29 is 17.9 Å². The highest BCUT2D eigenvalue weighted by Gasteiger charge is 2.26. The van der Waals surface area contributed by atoms with Crippen molar-refractivity contribution in [2.45, 2.75) is 17.9 Å². The normalized spacial score (nSPS) is 11.2. The SMILES string of the molecule is COC(=O)CCn1nc(-c2ccccc2)c(-c2ccccc2)c(S(C)(=O)=O)c1=O. The Morgan fingerprint density at radius 2 is 1.55 bits per heavy atom. The molecule has 3 rings (SSSR count). The topological polar surface area (TPSA) is 95.3 Å². The molecule has 0 saturated carbocycles. The molecular weight excluding hydrogens is 392 g/mol. The van der Waals surface area contributed by atoms with Gasteiger partial charge in [-0.15, -0.1) is 0 Å². The lowest BCUT2D eigenvalue weighted by Crippen LogP contribution is -2.30. The number of ether oxygens (including phenoxy) is 1. The zero-order valence-electron chi connectivity index (χ0n) is 16.0. The van der Waals surface area contributed by atoms with Gasteiger partial charge < -0.3 is 4.74 Å². The molecule has 0 aliphatic heterocycles. The van der Waals surface area contributed by atoms with Crippen LogP contribution in [0.1, 0.15) is 6.42 Å². The smallest absolute Gasteiger partial charge is 0.307 e. The number of methoxy groups -OCH3 is 1. The number of carbonyl (C=O) groups excluding carboxylic acids is 1. The number of nitrogens with zero attached hydrogens (tertiary/aromatic N) is 2. The van der Waals surface area contributed by atoms with E-state index in [9.17, 15) is 18.0 Å². The van der Waals surface area contributed by atoms with E-state index in [0.29, 0.717) is 16.8 Å². The van der Waals surface area contributed by atoms with Crippen LogP contribution in [0.15, 0.2) is 70.4 Å². The van der Waals surface area contributed by atoms with Crippen LogP contribution >= 0.6 is 0 Å². The molecule has 29 heavy (non-hydrogen) atoms. The Morgan fingerprint density at radius 1 is 1.00 bits per heavy atom. The van der Waals surface area contributed by atoms with Crippen LogP contribution in [0, 0.1) is 0 Å². The Balaban J connectivity index is 2.38. The van der Waals surface area contributed by atoms with Gasteiger partial charge in [0, 0.05) is 17.4 Å². The zero-order valence-corrected chi connectivity index (χ0v) is 16.8. The van der Waals surface area contributed by atoms with Gasteiger partial charge in [-0.2, -0.15) is 5.10 Å². The van der Waals surface area contributed by atoms with Crippen LogP contribution in [0.25, 0.3) is 22.4 Å². The molecule has 0 amide bonds. The number of rotatable bonds is 6. The highest BCUT2D eigenvalue weighted by atomic mass is 32.2. The molecular formula is C21H20N2O5S. The number of benzene rings is 2. The lowest BCUT2D eigenvalue weighted by molar-refractivity contribution is -0.140. The molecule has 0 radical (unpaired) electrons. The molecule has 1 aromatic heterocycles. The van der Waals surface area contributed by atoms with Crippen molar-refractivity contribution in [3.63, 3.8) is 0 Å². The first-order valence-electron chi connectivity index (χ1n) is 8.85. The van der Waals surface area contributed by atoms with Gasteiger partial charge in [-0.3, -0.25) is 9.59 Å². The molecule has 0 spiro atoms. The van der Waals surface area contributed by atoms with E-state index in [0.717, 1.165) is 10.9 Å². The number of hydrogen-bond acceptors (Lipinski definition) is 6. The van der Waals surface area contributed by atoms with Crippen molar-refractivity contribution in [3.8, 4) is 22.4 Å². The summed E-state index contributed by atoms with van der Waals surface area (Å²) in [6, 6.07) is 17.8. The zero-order chi connectivity index (χ0) is 21.0. The minimum Gasteiger partial charge on any atom is -0.469 e. The second-order valence-corrected chi connectivity index (χ2v) is 8.36. The number of aryl methyl sites for hydroxylation is 1. The van der Waals surface area contributed by atoms with Gasteiger partial charge in [0.25, 0.3) is 5.56 Å². The van der Waals surface area contributed by atoms with Gasteiger partial charge in [-0.1, -0.05) is 60.7 Å². The summed E-state index contributed by atoms with van der Waals surface area (Å²) in [6.07, 6.45) is 0.890. The van der Waals surface area contributed by atoms with Crippen molar-refractivity contribution in [2.24, 2.45) is 0 Å². The highest BCUT2D eigenvalue weighted by molar-refractivity contribution is 7.90. The van der Waals surface area contributed by atoms with Crippen molar-refractivity contribution in [3.05, 3.63) is 71.0 Å². The maximum atomic E-state index is 13.1. The molecule has 0 aliphatic carbocycles. The third-order valence-corrected chi connectivity index (χ3v) is 5.47. The fourth-order valence-corrected chi connectivity index (χ4v) is 4.02. The predicted octanol–water partition coefficient (Wildman–Crippen LogP) is 2.54. The lowest BCUT2D eigenvalue weighted by atomic mass is 10.00. The molecule has 0 saturated heterocycles. The van der Waals surface area contributed by atoms with Gasteiger partial charge in [0.15, 0.2) is 9.84 Å². The van der Waals surface area contributed by atoms with Gasteiger partial charge >= 0.3 is 5.97 Å². The Hall–Kier alpha value is -3.26. The van der Waals surface area contributed by atoms with E-state index in [4.69, 9.17) is 0 Å². The number of carbonyl (C=O) groups is 1. The Kier molecular flexibility index (Phi) is 5.93.